The molecule has 0 saturated heterocycles. The molecule has 0 aromatic carbocycles. The molecule has 0 bridgehead atoms. The van der Waals surface area contributed by atoms with Crippen LogP contribution in [0.4, 0.5) is 0 Å². The van der Waals surface area contributed by atoms with Crippen LogP contribution in [0.2, 0.25) is 0 Å². The summed E-state index contributed by atoms with van der Waals surface area (Å²) in [6.45, 7) is 3.57. The van der Waals surface area contributed by atoms with Gasteiger partial charge in [-0.05, 0) is 31.7 Å². The fourth-order valence-electron chi connectivity index (χ4n) is 1.78. The molecule has 1 aliphatic rings. The van der Waals surface area contributed by atoms with Gasteiger partial charge in [0.2, 0.25) is 5.91 Å². The van der Waals surface area contributed by atoms with Crippen LogP contribution in [0.25, 0.3) is 0 Å². The summed E-state index contributed by atoms with van der Waals surface area (Å²) in [5.74, 6) is 0.119. The molecule has 1 atom stereocenters. The van der Waals surface area contributed by atoms with Gasteiger partial charge in [-0.15, -0.1) is 0 Å². The molecule has 88 valence electrons. The fraction of sp³-hybridized carbons (Fsp3) is 0.909. The van der Waals surface area contributed by atoms with Gasteiger partial charge in [0.15, 0.2) is 0 Å². The van der Waals surface area contributed by atoms with E-state index in [2.05, 4.69) is 10.6 Å². The number of rotatable bonds is 7. The van der Waals surface area contributed by atoms with E-state index in [1.165, 1.54) is 0 Å². The highest BCUT2D eigenvalue weighted by atomic mass is 16.3. The van der Waals surface area contributed by atoms with Gasteiger partial charge in [0.1, 0.15) is 0 Å². The summed E-state index contributed by atoms with van der Waals surface area (Å²) < 4.78 is 0. The Morgan fingerprint density at radius 3 is 2.67 bits per heavy atom. The van der Waals surface area contributed by atoms with Crippen LogP contribution in [-0.4, -0.2) is 37.8 Å². The predicted molar refractivity (Wildman–Crippen MR) is 59.5 cm³/mol. The summed E-state index contributed by atoms with van der Waals surface area (Å²) >= 11 is 0. The summed E-state index contributed by atoms with van der Waals surface area (Å²) in [7, 11) is 1.85. The van der Waals surface area contributed by atoms with Gasteiger partial charge in [-0.1, -0.05) is 6.92 Å². The van der Waals surface area contributed by atoms with Crippen molar-refractivity contribution < 1.29 is 9.90 Å². The van der Waals surface area contributed by atoms with Gasteiger partial charge in [-0.2, -0.15) is 0 Å². The van der Waals surface area contributed by atoms with E-state index in [0.29, 0.717) is 6.54 Å². The highest BCUT2D eigenvalue weighted by Gasteiger charge is 2.41. The summed E-state index contributed by atoms with van der Waals surface area (Å²) in [5.41, 5.74) is 0.212. The maximum atomic E-state index is 11.6. The monoisotopic (exact) mass is 214 g/mol. The van der Waals surface area contributed by atoms with Gasteiger partial charge in [0, 0.05) is 25.6 Å². The Balaban J connectivity index is 2.22. The number of carbonyl (C=O) groups excluding carboxylic acids is 1. The minimum Gasteiger partial charge on any atom is -0.396 e. The van der Waals surface area contributed by atoms with Crippen LogP contribution in [0.1, 0.15) is 26.2 Å². The van der Waals surface area contributed by atoms with E-state index in [9.17, 15) is 4.79 Å². The van der Waals surface area contributed by atoms with Crippen LogP contribution in [0, 0.1) is 11.3 Å². The largest absolute Gasteiger partial charge is 0.396 e. The summed E-state index contributed by atoms with van der Waals surface area (Å²) in [4.78, 5) is 11.6. The molecule has 4 heteroatoms. The fourth-order valence-corrected chi connectivity index (χ4v) is 1.78. The molecule has 0 aliphatic heterocycles. The zero-order chi connectivity index (χ0) is 11.3. The van der Waals surface area contributed by atoms with Crippen LogP contribution in [0.15, 0.2) is 0 Å². The first kappa shape index (κ1) is 12.5. The minimum absolute atomic E-state index is 0.0138. The number of aliphatic hydroxyl groups is 1. The first-order valence-corrected chi connectivity index (χ1v) is 5.67. The van der Waals surface area contributed by atoms with E-state index >= 15 is 0 Å². The Kier molecular flexibility index (Phi) is 4.54. The van der Waals surface area contributed by atoms with E-state index in [-0.39, 0.29) is 23.8 Å². The van der Waals surface area contributed by atoms with Gasteiger partial charge in [-0.3, -0.25) is 4.79 Å². The third-order valence-electron chi connectivity index (χ3n) is 3.19. The third-order valence-corrected chi connectivity index (χ3v) is 3.19. The first-order chi connectivity index (χ1) is 7.13. The lowest BCUT2D eigenvalue weighted by Crippen LogP contribution is -2.37. The van der Waals surface area contributed by atoms with E-state index in [4.69, 9.17) is 5.11 Å². The number of hydrogen-bond acceptors (Lipinski definition) is 3. The Bertz CT molecular complexity index is 215. The second kappa shape index (κ2) is 5.47. The van der Waals surface area contributed by atoms with E-state index in [0.717, 1.165) is 25.8 Å². The van der Waals surface area contributed by atoms with Crippen molar-refractivity contribution in [2.75, 3.05) is 26.7 Å². The summed E-state index contributed by atoms with van der Waals surface area (Å²) in [6.07, 6.45) is 3.08. The number of nitrogens with one attached hydrogen (secondary N) is 2. The van der Waals surface area contributed by atoms with Gasteiger partial charge in [0.05, 0.1) is 0 Å². The van der Waals surface area contributed by atoms with Crippen molar-refractivity contribution in [3.8, 4) is 0 Å². The van der Waals surface area contributed by atoms with Gasteiger partial charge >= 0.3 is 0 Å². The number of carbonyl (C=O) groups is 1. The zero-order valence-corrected chi connectivity index (χ0v) is 9.68. The van der Waals surface area contributed by atoms with E-state index in [1.807, 2.05) is 14.0 Å². The average Bonchev–Trinajstić information content (AvgIpc) is 2.96. The zero-order valence-electron chi connectivity index (χ0n) is 9.68. The predicted octanol–water partition coefficient (Wildman–Crippen LogP) is 0.121. The molecular formula is C11H22N2O2. The lowest BCUT2D eigenvalue weighted by Gasteiger charge is -2.17. The lowest BCUT2D eigenvalue weighted by atomic mass is 10.0. The Morgan fingerprint density at radius 2 is 2.20 bits per heavy atom. The molecule has 4 nitrogen and oxygen atoms in total. The van der Waals surface area contributed by atoms with Gasteiger partial charge < -0.3 is 15.7 Å². The maximum absolute atomic E-state index is 11.6. The number of aliphatic hydroxyl groups excluding tert-OH is 1. The standard InChI is InChI=1S/C11H22N2O2/c1-9(7-12-2)10(15)13-8-11(3-4-11)5-6-14/h9,12,14H,3-8H2,1-2H3,(H,13,15). The summed E-state index contributed by atoms with van der Waals surface area (Å²) in [5, 5.41) is 14.8. The molecule has 1 fully saturated rings. The quantitative estimate of drug-likeness (QED) is 0.564. The van der Waals surface area contributed by atoms with Crippen molar-refractivity contribution in [3.05, 3.63) is 0 Å². The van der Waals surface area contributed by atoms with E-state index in [1.54, 1.807) is 0 Å². The summed E-state index contributed by atoms with van der Waals surface area (Å²) in [6, 6.07) is 0. The molecule has 1 saturated carbocycles. The topological polar surface area (TPSA) is 61.4 Å². The molecule has 1 rings (SSSR count). The molecule has 0 aromatic rings. The normalized spacial score (nSPS) is 19.7. The molecule has 1 unspecified atom stereocenters. The van der Waals surface area contributed by atoms with Crippen molar-refractivity contribution in [3.63, 3.8) is 0 Å². The van der Waals surface area contributed by atoms with Crippen molar-refractivity contribution >= 4 is 5.91 Å². The highest BCUT2D eigenvalue weighted by molar-refractivity contribution is 5.78. The molecule has 0 heterocycles. The smallest absolute Gasteiger partial charge is 0.224 e. The molecule has 1 aliphatic carbocycles. The van der Waals surface area contributed by atoms with Gasteiger partial charge in [0.25, 0.3) is 0 Å². The molecule has 0 radical (unpaired) electrons. The van der Waals surface area contributed by atoms with Crippen molar-refractivity contribution in [1.29, 1.82) is 0 Å². The minimum atomic E-state index is 0.0138. The number of amides is 1. The van der Waals surface area contributed by atoms with Crippen LogP contribution in [-0.2, 0) is 4.79 Å². The van der Waals surface area contributed by atoms with Gasteiger partial charge in [-0.25, -0.2) is 0 Å². The second-order valence-electron chi connectivity index (χ2n) is 4.65. The van der Waals surface area contributed by atoms with Crippen molar-refractivity contribution in [1.82, 2.24) is 10.6 Å². The Labute approximate surface area is 91.4 Å². The molecule has 0 spiro atoms. The number of hydrogen-bond donors (Lipinski definition) is 3. The Morgan fingerprint density at radius 1 is 1.53 bits per heavy atom. The van der Waals surface area contributed by atoms with Crippen LogP contribution in [0.5, 0.6) is 0 Å². The Hall–Kier alpha value is -0.610. The molecule has 3 N–H and O–H groups in total. The maximum Gasteiger partial charge on any atom is 0.224 e. The molecule has 15 heavy (non-hydrogen) atoms. The highest BCUT2D eigenvalue weighted by Crippen LogP contribution is 2.47. The average molecular weight is 214 g/mol. The van der Waals surface area contributed by atoms with Crippen LogP contribution < -0.4 is 10.6 Å². The van der Waals surface area contributed by atoms with Crippen molar-refractivity contribution in [2.24, 2.45) is 11.3 Å². The first-order valence-electron chi connectivity index (χ1n) is 5.67. The third kappa shape index (κ3) is 3.80. The SMILES string of the molecule is CNCC(C)C(=O)NCC1(CCO)CC1. The molecular weight excluding hydrogens is 192 g/mol. The lowest BCUT2D eigenvalue weighted by molar-refractivity contribution is -0.124. The molecule has 1 amide bonds. The van der Waals surface area contributed by atoms with Crippen LogP contribution in [0.3, 0.4) is 0 Å². The second-order valence-corrected chi connectivity index (χ2v) is 4.65. The van der Waals surface area contributed by atoms with Crippen molar-refractivity contribution in [2.45, 2.75) is 26.2 Å². The molecule has 0 aromatic heterocycles. The van der Waals surface area contributed by atoms with Crippen LogP contribution >= 0.6 is 0 Å². The van der Waals surface area contributed by atoms with E-state index < -0.39 is 0 Å².